The van der Waals surface area contributed by atoms with E-state index in [0.717, 1.165) is 5.76 Å². The Hall–Kier alpha value is -1.75. The van der Waals surface area contributed by atoms with E-state index in [9.17, 15) is 9.18 Å². The van der Waals surface area contributed by atoms with E-state index in [4.69, 9.17) is 4.42 Å². The van der Waals surface area contributed by atoms with Crippen LogP contribution in [0, 0.1) is 12.7 Å². The fraction of sp³-hybridized carbons (Fsp3) is 0.154. The smallest absolute Gasteiger partial charge is 0.254 e. The van der Waals surface area contributed by atoms with Gasteiger partial charge < -0.3 is 9.73 Å². The molecular weight excluding hydrogens is 253 g/mol. The third kappa shape index (κ3) is 2.92. The first-order chi connectivity index (χ1) is 8.56. The third-order valence-corrected chi connectivity index (χ3v) is 2.69. The molecule has 1 aromatic carbocycles. The van der Waals surface area contributed by atoms with Crippen molar-refractivity contribution < 1.29 is 13.6 Å². The molecule has 1 heterocycles. The summed E-state index contributed by atoms with van der Waals surface area (Å²) in [5.74, 6) is 0.337. The molecule has 1 amide bonds. The maximum atomic E-state index is 13.4. The number of benzene rings is 1. The van der Waals surface area contributed by atoms with Gasteiger partial charge in [0.15, 0.2) is 0 Å². The van der Waals surface area contributed by atoms with Crippen molar-refractivity contribution in [2.45, 2.75) is 18.4 Å². The van der Waals surface area contributed by atoms with Crippen molar-refractivity contribution in [1.82, 2.24) is 5.32 Å². The number of furan rings is 1. The summed E-state index contributed by atoms with van der Waals surface area (Å²) in [5.41, 5.74) is -0.0224. The van der Waals surface area contributed by atoms with Crippen molar-refractivity contribution in [3.05, 3.63) is 53.2 Å². The SMILES string of the molecule is Cc1ccc(CNC(=O)c2cc(S)ccc2F)o1. The second-order valence-corrected chi connectivity index (χ2v) is 4.38. The van der Waals surface area contributed by atoms with E-state index in [1.165, 1.54) is 18.2 Å². The van der Waals surface area contributed by atoms with Gasteiger partial charge >= 0.3 is 0 Å². The summed E-state index contributed by atoms with van der Waals surface area (Å²) < 4.78 is 18.7. The summed E-state index contributed by atoms with van der Waals surface area (Å²) in [7, 11) is 0. The normalized spacial score (nSPS) is 10.4. The molecule has 2 aromatic rings. The first kappa shape index (κ1) is 12.7. The summed E-state index contributed by atoms with van der Waals surface area (Å²) in [6.45, 7) is 2.04. The molecule has 0 radical (unpaired) electrons. The molecule has 0 aliphatic rings. The highest BCUT2D eigenvalue weighted by Gasteiger charge is 2.12. The minimum absolute atomic E-state index is 0.0224. The van der Waals surface area contributed by atoms with Gasteiger partial charge in [0, 0.05) is 4.90 Å². The van der Waals surface area contributed by atoms with E-state index in [1.54, 1.807) is 12.1 Å². The lowest BCUT2D eigenvalue weighted by Gasteiger charge is -2.05. The van der Waals surface area contributed by atoms with E-state index in [-0.39, 0.29) is 12.1 Å². The fourth-order valence-corrected chi connectivity index (χ4v) is 1.73. The van der Waals surface area contributed by atoms with Crippen LogP contribution in [-0.2, 0) is 6.54 Å². The van der Waals surface area contributed by atoms with E-state index in [0.29, 0.717) is 10.7 Å². The predicted molar refractivity (Wildman–Crippen MR) is 68.3 cm³/mol. The first-order valence-corrected chi connectivity index (χ1v) is 5.83. The first-order valence-electron chi connectivity index (χ1n) is 5.38. The molecule has 1 N–H and O–H groups in total. The van der Waals surface area contributed by atoms with Gasteiger partial charge in [-0.15, -0.1) is 12.6 Å². The van der Waals surface area contributed by atoms with Crippen molar-refractivity contribution in [3.8, 4) is 0 Å². The fourth-order valence-electron chi connectivity index (χ4n) is 1.53. The van der Waals surface area contributed by atoms with E-state index in [2.05, 4.69) is 17.9 Å². The van der Waals surface area contributed by atoms with Gasteiger partial charge in [-0.25, -0.2) is 4.39 Å². The highest BCUT2D eigenvalue weighted by molar-refractivity contribution is 7.80. The van der Waals surface area contributed by atoms with E-state index in [1.807, 2.05) is 6.92 Å². The van der Waals surface area contributed by atoms with Gasteiger partial charge in [-0.3, -0.25) is 4.79 Å². The van der Waals surface area contributed by atoms with Gasteiger partial charge in [-0.05, 0) is 37.3 Å². The maximum absolute atomic E-state index is 13.4. The number of carbonyl (C=O) groups is 1. The number of amides is 1. The molecule has 0 fully saturated rings. The van der Waals surface area contributed by atoms with Crippen LogP contribution in [0.3, 0.4) is 0 Å². The highest BCUT2D eigenvalue weighted by atomic mass is 32.1. The van der Waals surface area contributed by atoms with Crippen molar-refractivity contribution in [3.63, 3.8) is 0 Å². The Morgan fingerprint density at radius 3 is 2.83 bits per heavy atom. The Bertz CT molecular complexity index is 580. The van der Waals surface area contributed by atoms with Crippen LogP contribution in [0.15, 0.2) is 39.6 Å². The zero-order valence-corrected chi connectivity index (χ0v) is 10.6. The van der Waals surface area contributed by atoms with Crippen LogP contribution in [-0.4, -0.2) is 5.91 Å². The Kier molecular flexibility index (Phi) is 3.72. The largest absolute Gasteiger partial charge is 0.465 e. The van der Waals surface area contributed by atoms with Gasteiger partial charge in [0.05, 0.1) is 12.1 Å². The van der Waals surface area contributed by atoms with Gasteiger partial charge in [0.2, 0.25) is 0 Å². The average molecular weight is 265 g/mol. The quantitative estimate of drug-likeness (QED) is 0.838. The number of thiol groups is 1. The summed E-state index contributed by atoms with van der Waals surface area (Å²) >= 11 is 4.07. The molecular formula is C13H12FNO2S. The summed E-state index contributed by atoms with van der Waals surface area (Å²) in [6.07, 6.45) is 0. The minimum atomic E-state index is -0.569. The molecule has 2 rings (SSSR count). The number of hydrogen-bond donors (Lipinski definition) is 2. The van der Waals surface area contributed by atoms with E-state index >= 15 is 0 Å². The third-order valence-electron chi connectivity index (χ3n) is 2.41. The van der Waals surface area contributed by atoms with Crippen LogP contribution >= 0.6 is 12.6 Å². The summed E-state index contributed by atoms with van der Waals surface area (Å²) in [6, 6.07) is 7.66. The van der Waals surface area contributed by atoms with Gasteiger partial charge in [-0.1, -0.05) is 0 Å². The van der Waals surface area contributed by atoms with Crippen LogP contribution in [0.2, 0.25) is 0 Å². The molecule has 0 unspecified atom stereocenters. The van der Waals surface area contributed by atoms with Crippen molar-refractivity contribution >= 4 is 18.5 Å². The number of hydrogen-bond acceptors (Lipinski definition) is 3. The zero-order chi connectivity index (χ0) is 13.1. The predicted octanol–water partition coefficient (Wildman–Crippen LogP) is 2.95. The standard InChI is InChI=1S/C13H12FNO2S/c1-8-2-3-9(17-8)7-15-13(16)11-6-10(18)4-5-12(11)14/h2-6,18H,7H2,1H3,(H,15,16). The van der Waals surface area contributed by atoms with Crippen LogP contribution in [0.4, 0.5) is 4.39 Å². The Morgan fingerprint density at radius 1 is 1.39 bits per heavy atom. The van der Waals surface area contributed by atoms with Crippen LogP contribution < -0.4 is 5.32 Å². The number of carbonyl (C=O) groups excluding carboxylic acids is 1. The maximum Gasteiger partial charge on any atom is 0.254 e. The summed E-state index contributed by atoms with van der Waals surface area (Å²) in [4.78, 5) is 12.3. The van der Waals surface area contributed by atoms with E-state index < -0.39 is 11.7 Å². The Morgan fingerprint density at radius 2 is 2.17 bits per heavy atom. The molecule has 0 bridgehead atoms. The van der Waals surface area contributed by atoms with Gasteiger partial charge in [-0.2, -0.15) is 0 Å². The van der Waals surface area contributed by atoms with Crippen LogP contribution in [0.5, 0.6) is 0 Å². The molecule has 94 valence electrons. The topological polar surface area (TPSA) is 42.2 Å². The van der Waals surface area contributed by atoms with Gasteiger partial charge in [0.25, 0.3) is 5.91 Å². The molecule has 0 aliphatic carbocycles. The number of rotatable bonds is 3. The number of aryl methyl sites for hydroxylation is 1. The zero-order valence-electron chi connectivity index (χ0n) is 9.74. The molecule has 3 nitrogen and oxygen atoms in total. The molecule has 0 aliphatic heterocycles. The van der Waals surface area contributed by atoms with Crippen LogP contribution in [0.1, 0.15) is 21.9 Å². The number of nitrogens with one attached hydrogen (secondary N) is 1. The molecule has 0 atom stereocenters. The monoisotopic (exact) mass is 265 g/mol. The molecule has 18 heavy (non-hydrogen) atoms. The molecule has 5 heteroatoms. The highest BCUT2D eigenvalue weighted by Crippen LogP contribution is 2.14. The molecule has 0 spiro atoms. The average Bonchev–Trinajstić information content (AvgIpc) is 2.75. The summed E-state index contributed by atoms with van der Waals surface area (Å²) in [5, 5.41) is 2.59. The second-order valence-electron chi connectivity index (χ2n) is 3.86. The molecule has 1 aromatic heterocycles. The van der Waals surface area contributed by atoms with Crippen molar-refractivity contribution in [2.75, 3.05) is 0 Å². The van der Waals surface area contributed by atoms with Crippen molar-refractivity contribution in [2.24, 2.45) is 0 Å². The second kappa shape index (κ2) is 5.27. The van der Waals surface area contributed by atoms with Crippen molar-refractivity contribution in [1.29, 1.82) is 0 Å². The Labute approximate surface area is 109 Å². The lowest BCUT2D eigenvalue weighted by Crippen LogP contribution is -2.23. The van der Waals surface area contributed by atoms with Crippen LogP contribution in [0.25, 0.3) is 0 Å². The lowest BCUT2D eigenvalue weighted by atomic mass is 10.2. The lowest BCUT2D eigenvalue weighted by molar-refractivity contribution is 0.0943. The molecule has 0 saturated carbocycles. The number of halogens is 1. The minimum Gasteiger partial charge on any atom is -0.465 e. The Balaban J connectivity index is 2.05. The van der Waals surface area contributed by atoms with Gasteiger partial charge in [0.1, 0.15) is 17.3 Å². The molecule has 0 saturated heterocycles.